The maximum Gasteiger partial charge on any atom is 0.224 e. The van der Waals surface area contributed by atoms with Crippen LogP contribution in [0.5, 0.6) is 5.88 Å². The van der Waals surface area contributed by atoms with Crippen LogP contribution in [0.4, 0.5) is 0 Å². The standard InChI is InChI=1S/C8H8ClNO2/c1-5-7(9)3-6(4-11)8(10-5)12-2/h3-4H,1-2H3. The van der Waals surface area contributed by atoms with Gasteiger partial charge < -0.3 is 4.74 Å². The third-order valence-electron chi connectivity index (χ3n) is 1.46. The van der Waals surface area contributed by atoms with Crippen molar-refractivity contribution in [1.29, 1.82) is 0 Å². The van der Waals surface area contributed by atoms with Crippen LogP contribution in [0.1, 0.15) is 16.1 Å². The van der Waals surface area contributed by atoms with Crippen molar-refractivity contribution in [3.8, 4) is 5.88 Å². The third-order valence-corrected chi connectivity index (χ3v) is 1.85. The topological polar surface area (TPSA) is 39.2 Å². The number of aldehydes is 1. The Morgan fingerprint density at radius 3 is 2.83 bits per heavy atom. The van der Waals surface area contributed by atoms with Crippen molar-refractivity contribution in [2.45, 2.75) is 6.92 Å². The second kappa shape index (κ2) is 3.54. The van der Waals surface area contributed by atoms with Gasteiger partial charge in [0, 0.05) is 0 Å². The van der Waals surface area contributed by atoms with Crippen molar-refractivity contribution in [2.75, 3.05) is 7.11 Å². The summed E-state index contributed by atoms with van der Waals surface area (Å²) in [5, 5.41) is 0.470. The van der Waals surface area contributed by atoms with E-state index in [4.69, 9.17) is 16.3 Å². The number of ether oxygens (including phenoxy) is 1. The van der Waals surface area contributed by atoms with Crippen LogP contribution in [-0.4, -0.2) is 18.4 Å². The zero-order valence-corrected chi connectivity index (χ0v) is 7.55. The van der Waals surface area contributed by atoms with Crippen molar-refractivity contribution in [3.05, 3.63) is 22.3 Å². The molecule has 0 N–H and O–H groups in total. The number of hydrogen-bond donors (Lipinski definition) is 0. The summed E-state index contributed by atoms with van der Waals surface area (Å²) in [5.41, 5.74) is 1.02. The zero-order chi connectivity index (χ0) is 9.14. The van der Waals surface area contributed by atoms with E-state index in [9.17, 15) is 4.79 Å². The highest BCUT2D eigenvalue weighted by atomic mass is 35.5. The number of aromatic nitrogens is 1. The predicted molar refractivity (Wildman–Crippen MR) is 45.9 cm³/mol. The number of hydrogen-bond acceptors (Lipinski definition) is 3. The van der Waals surface area contributed by atoms with E-state index >= 15 is 0 Å². The minimum absolute atomic E-state index is 0.312. The van der Waals surface area contributed by atoms with Crippen molar-refractivity contribution < 1.29 is 9.53 Å². The van der Waals surface area contributed by atoms with Crippen molar-refractivity contribution >= 4 is 17.9 Å². The first kappa shape index (κ1) is 9.00. The molecule has 0 aliphatic heterocycles. The molecule has 1 aromatic rings. The van der Waals surface area contributed by atoms with Crippen LogP contribution in [0.25, 0.3) is 0 Å². The molecule has 0 radical (unpaired) electrons. The fourth-order valence-corrected chi connectivity index (χ4v) is 0.981. The lowest BCUT2D eigenvalue weighted by atomic mass is 10.2. The quantitative estimate of drug-likeness (QED) is 0.661. The number of methoxy groups -OCH3 is 1. The van der Waals surface area contributed by atoms with Gasteiger partial charge >= 0.3 is 0 Å². The summed E-state index contributed by atoms with van der Waals surface area (Å²) < 4.78 is 4.87. The van der Waals surface area contributed by atoms with Gasteiger partial charge in [-0.1, -0.05) is 11.6 Å². The van der Waals surface area contributed by atoms with Gasteiger partial charge in [-0.3, -0.25) is 4.79 Å². The smallest absolute Gasteiger partial charge is 0.224 e. The van der Waals surface area contributed by atoms with Gasteiger partial charge in [0.2, 0.25) is 5.88 Å². The summed E-state index contributed by atoms with van der Waals surface area (Å²) >= 11 is 5.74. The Morgan fingerprint density at radius 1 is 1.67 bits per heavy atom. The van der Waals surface area contributed by atoms with Gasteiger partial charge in [-0.2, -0.15) is 0 Å². The van der Waals surface area contributed by atoms with Gasteiger partial charge in [0.25, 0.3) is 0 Å². The monoisotopic (exact) mass is 185 g/mol. The lowest BCUT2D eigenvalue weighted by Crippen LogP contribution is -1.96. The van der Waals surface area contributed by atoms with Gasteiger partial charge in [0.05, 0.1) is 23.4 Å². The second-order valence-electron chi connectivity index (χ2n) is 2.27. The van der Waals surface area contributed by atoms with E-state index in [1.54, 1.807) is 6.92 Å². The van der Waals surface area contributed by atoms with Crippen LogP contribution in [0.3, 0.4) is 0 Å². The molecule has 0 aromatic carbocycles. The highest BCUT2D eigenvalue weighted by Gasteiger charge is 2.06. The summed E-state index contributed by atoms with van der Waals surface area (Å²) in [7, 11) is 1.46. The number of carbonyl (C=O) groups excluding carboxylic acids is 1. The van der Waals surface area contributed by atoms with E-state index in [1.807, 2.05) is 0 Å². The molecule has 0 amide bonds. The molecule has 0 saturated carbocycles. The number of rotatable bonds is 2. The Bertz CT molecular complexity index is 312. The lowest BCUT2D eigenvalue weighted by Gasteiger charge is -2.04. The van der Waals surface area contributed by atoms with E-state index in [2.05, 4.69) is 4.98 Å². The fraction of sp³-hybridized carbons (Fsp3) is 0.250. The van der Waals surface area contributed by atoms with Crippen LogP contribution < -0.4 is 4.74 Å². The van der Waals surface area contributed by atoms with Gasteiger partial charge in [-0.05, 0) is 13.0 Å². The SMILES string of the molecule is COc1nc(C)c(Cl)cc1C=O. The largest absolute Gasteiger partial charge is 0.480 e. The summed E-state index contributed by atoms with van der Waals surface area (Å²) in [4.78, 5) is 14.4. The zero-order valence-electron chi connectivity index (χ0n) is 6.80. The summed E-state index contributed by atoms with van der Waals surface area (Å²) in [6.07, 6.45) is 0.664. The first-order valence-corrected chi connectivity index (χ1v) is 3.73. The molecule has 1 aromatic heterocycles. The Hall–Kier alpha value is -1.09. The molecule has 4 heteroatoms. The molecule has 1 heterocycles. The second-order valence-corrected chi connectivity index (χ2v) is 2.68. The van der Waals surface area contributed by atoms with Gasteiger partial charge in [0.1, 0.15) is 0 Å². The first-order chi connectivity index (χ1) is 5.69. The average Bonchev–Trinajstić information content (AvgIpc) is 2.09. The number of aryl methyl sites for hydroxylation is 1. The van der Waals surface area contributed by atoms with E-state index in [1.165, 1.54) is 13.2 Å². The third kappa shape index (κ3) is 1.56. The highest BCUT2D eigenvalue weighted by molar-refractivity contribution is 6.31. The first-order valence-electron chi connectivity index (χ1n) is 3.35. The van der Waals surface area contributed by atoms with E-state index in [-0.39, 0.29) is 0 Å². The average molecular weight is 186 g/mol. The number of pyridine rings is 1. The summed E-state index contributed by atoms with van der Waals surface area (Å²) in [6.45, 7) is 1.75. The highest BCUT2D eigenvalue weighted by Crippen LogP contribution is 2.20. The lowest BCUT2D eigenvalue weighted by molar-refractivity contribution is 0.112. The minimum atomic E-state index is 0.312. The van der Waals surface area contributed by atoms with Crippen molar-refractivity contribution in [2.24, 2.45) is 0 Å². The summed E-state index contributed by atoms with van der Waals surface area (Å²) in [6, 6.07) is 1.54. The van der Waals surface area contributed by atoms with Crippen molar-refractivity contribution in [1.82, 2.24) is 4.98 Å². The van der Waals surface area contributed by atoms with E-state index in [0.29, 0.717) is 28.4 Å². The molecule has 0 spiro atoms. The maximum absolute atomic E-state index is 10.5. The molecule has 1 rings (SSSR count). The fourth-order valence-electron chi connectivity index (χ4n) is 0.821. The van der Waals surface area contributed by atoms with Gasteiger partial charge in [-0.15, -0.1) is 0 Å². The Kier molecular flexibility index (Phi) is 2.65. The van der Waals surface area contributed by atoms with E-state index in [0.717, 1.165) is 0 Å². The molecular formula is C8H8ClNO2. The molecule has 12 heavy (non-hydrogen) atoms. The molecular weight excluding hydrogens is 178 g/mol. The molecule has 0 fully saturated rings. The molecule has 64 valence electrons. The number of halogens is 1. The normalized spacial score (nSPS) is 9.58. The molecule has 0 aliphatic rings. The Labute approximate surface area is 75.3 Å². The van der Waals surface area contributed by atoms with Crippen LogP contribution in [0, 0.1) is 6.92 Å². The molecule has 0 atom stereocenters. The molecule has 3 nitrogen and oxygen atoms in total. The molecule has 0 aliphatic carbocycles. The van der Waals surface area contributed by atoms with E-state index < -0.39 is 0 Å². The Balaban J connectivity index is 3.28. The molecule has 0 unspecified atom stereocenters. The maximum atomic E-state index is 10.5. The van der Waals surface area contributed by atoms with Crippen LogP contribution in [-0.2, 0) is 0 Å². The van der Waals surface area contributed by atoms with Crippen molar-refractivity contribution in [3.63, 3.8) is 0 Å². The minimum Gasteiger partial charge on any atom is -0.480 e. The molecule has 0 saturated heterocycles. The van der Waals surface area contributed by atoms with Crippen LogP contribution >= 0.6 is 11.6 Å². The van der Waals surface area contributed by atoms with Crippen LogP contribution in [0.2, 0.25) is 5.02 Å². The molecule has 0 bridgehead atoms. The predicted octanol–water partition coefficient (Wildman–Crippen LogP) is 1.86. The van der Waals surface area contributed by atoms with Gasteiger partial charge in [-0.25, -0.2) is 4.98 Å². The van der Waals surface area contributed by atoms with Crippen LogP contribution in [0.15, 0.2) is 6.07 Å². The summed E-state index contributed by atoms with van der Waals surface area (Å²) in [5.74, 6) is 0.312. The Morgan fingerprint density at radius 2 is 2.33 bits per heavy atom. The number of carbonyl (C=O) groups is 1. The number of nitrogens with zero attached hydrogens (tertiary/aromatic N) is 1. The van der Waals surface area contributed by atoms with Gasteiger partial charge in [0.15, 0.2) is 6.29 Å².